The molecule has 4 aromatic rings. The monoisotopic (exact) mass is 476 g/mol. The fourth-order valence-electron chi connectivity index (χ4n) is 5.50. The molecule has 4 aromatic carbocycles. The minimum absolute atomic E-state index is 0.324. The van der Waals surface area contributed by atoms with Gasteiger partial charge in [0, 0.05) is 53.4 Å². The first-order chi connectivity index (χ1) is 17.4. The quantitative estimate of drug-likeness (QED) is 0.319. The van der Waals surface area contributed by atoms with Crippen molar-refractivity contribution < 1.29 is 14.3 Å². The van der Waals surface area contributed by atoms with Crippen LogP contribution in [0.5, 0.6) is 11.5 Å². The van der Waals surface area contributed by atoms with Crippen LogP contribution >= 0.6 is 0 Å². The minimum Gasteiger partial charge on any atom is -0.456 e. The highest BCUT2D eigenvalue weighted by Gasteiger charge is 2.53. The van der Waals surface area contributed by atoms with Gasteiger partial charge in [-0.2, -0.15) is 0 Å². The lowest BCUT2D eigenvalue weighted by Gasteiger charge is -2.37. The molecule has 0 saturated carbocycles. The van der Waals surface area contributed by atoms with Gasteiger partial charge in [0.25, 0.3) is 0 Å². The maximum absolute atomic E-state index is 13.1. The van der Waals surface area contributed by atoms with Crippen molar-refractivity contribution in [3.05, 3.63) is 112 Å². The van der Waals surface area contributed by atoms with E-state index in [0.717, 1.165) is 40.3 Å². The number of nitrogens with zero attached hydrogens (tertiary/aromatic N) is 1. The van der Waals surface area contributed by atoms with Crippen LogP contribution in [0.25, 0.3) is 0 Å². The van der Waals surface area contributed by atoms with Crippen LogP contribution in [0.1, 0.15) is 45.1 Å². The second kappa shape index (κ2) is 8.16. The predicted molar refractivity (Wildman–Crippen MR) is 143 cm³/mol. The first-order valence-electron chi connectivity index (χ1n) is 12.3. The van der Waals surface area contributed by atoms with Gasteiger partial charge in [0.05, 0.1) is 5.56 Å². The van der Waals surface area contributed by atoms with Crippen molar-refractivity contribution in [2.75, 3.05) is 23.8 Å². The largest absolute Gasteiger partial charge is 0.456 e. The molecule has 0 saturated heterocycles. The van der Waals surface area contributed by atoms with E-state index < -0.39 is 5.60 Å². The van der Waals surface area contributed by atoms with E-state index >= 15 is 0 Å². The molecule has 0 fully saturated rings. The van der Waals surface area contributed by atoms with E-state index in [1.165, 1.54) is 11.1 Å². The molecular formula is C31H28N2O3. The normalized spacial score (nSPS) is 17.1. The number of nitrogens with one attached hydrogen (secondary N) is 1. The van der Waals surface area contributed by atoms with Crippen molar-refractivity contribution in [1.82, 2.24) is 0 Å². The highest BCUT2D eigenvalue weighted by molar-refractivity contribution is 5.97. The van der Waals surface area contributed by atoms with Crippen molar-refractivity contribution in [1.29, 1.82) is 0 Å². The Labute approximate surface area is 211 Å². The maximum Gasteiger partial charge on any atom is 0.340 e. The third-order valence-corrected chi connectivity index (χ3v) is 7.18. The van der Waals surface area contributed by atoms with E-state index in [4.69, 9.17) is 9.47 Å². The van der Waals surface area contributed by atoms with Crippen molar-refractivity contribution in [3.8, 4) is 11.5 Å². The zero-order valence-corrected chi connectivity index (χ0v) is 20.9. The molecular weight excluding hydrogens is 448 g/mol. The summed E-state index contributed by atoms with van der Waals surface area (Å²) in [6.07, 6.45) is 0. The topological polar surface area (TPSA) is 50.8 Å². The molecule has 2 heterocycles. The van der Waals surface area contributed by atoms with Gasteiger partial charge in [0.1, 0.15) is 11.5 Å². The summed E-state index contributed by atoms with van der Waals surface area (Å²) in [4.78, 5) is 15.3. The van der Waals surface area contributed by atoms with Gasteiger partial charge >= 0.3 is 5.97 Å². The summed E-state index contributed by atoms with van der Waals surface area (Å²) in [5.74, 6) is 1.03. The molecule has 2 aliphatic heterocycles. The summed E-state index contributed by atoms with van der Waals surface area (Å²) < 4.78 is 12.8. The molecule has 5 nitrogen and oxygen atoms in total. The second-order valence-corrected chi connectivity index (χ2v) is 9.49. The van der Waals surface area contributed by atoms with Crippen molar-refractivity contribution >= 4 is 23.0 Å². The van der Waals surface area contributed by atoms with Crippen LogP contribution in [0, 0.1) is 13.8 Å². The van der Waals surface area contributed by atoms with Gasteiger partial charge < -0.3 is 19.7 Å². The number of ether oxygens (including phenoxy) is 2. The summed E-state index contributed by atoms with van der Waals surface area (Å²) in [6.45, 7) is 7.06. The van der Waals surface area contributed by atoms with E-state index in [1.54, 1.807) is 0 Å². The van der Waals surface area contributed by atoms with Gasteiger partial charge in [-0.3, -0.25) is 0 Å². The summed E-state index contributed by atoms with van der Waals surface area (Å²) in [5.41, 5.74) is 7.49. The molecule has 0 radical (unpaired) electrons. The molecule has 1 spiro atoms. The van der Waals surface area contributed by atoms with Crippen LogP contribution in [0.4, 0.5) is 17.1 Å². The van der Waals surface area contributed by atoms with Gasteiger partial charge in [0.2, 0.25) is 0 Å². The number of fused-ring (bicyclic) bond motifs is 6. The van der Waals surface area contributed by atoms with E-state index in [0.29, 0.717) is 17.1 Å². The highest BCUT2D eigenvalue weighted by atomic mass is 16.6. The molecule has 0 bridgehead atoms. The average Bonchev–Trinajstić information content (AvgIpc) is 3.17. The number of hydrogen-bond donors (Lipinski definition) is 1. The Hall–Kier alpha value is -4.25. The second-order valence-electron chi connectivity index (χ2n) is 9.49. The fraction of sp³-hybridized carbons (Fsp3) is 0.194. The number of carbonyl (C=O) groups excluding carboxylic acids is 1. The van der Waals surface area contributed by atoms with Crippen molar-refractivity contribution in [3.63, 3.8) is 0 Å². The number of aryl methyl sites for hydroxylation is 2. The average molecular weight is 477 g/mol. The fourth-order valence-corrected chi connectivity index (χ4v) is 5.50. The summed E-state index contributed by atoms with van der Waals surface area (Å²) in [6, 6.07) is 26.2. The van der Waals surface area contributed by atoms with E-state index in [9.17, 15) is 4.79 Å². The molecule has 2 aliphatic rings. The molecule has 5 heteroatoms. The van der Waals surface area contributed by atoms with Gasteiger partial charge in [-0.05, 0) is 68.8 Å². The predicted octanol–water partition coefficient (Wildman–Crippen LogP) is 7.07. The molecule has 36 heavy (non-hydrogen) atoms. The van der Waals surface area contributed by atoms with Crippen LogP contribution < -0.4 is 15.0 Å². The molecule has 0 aliphatic carbocycles. The molecule has 180 valence electrons. The molecule has 1 atom stereocenters. The first kappa shape index (κ1) is 22.2. The van der Waals surface area contributed by atoms with Gasteiger partial charge in [-0.25, -0.2) is 4.79 Å². The molecule has 0 amide bonds. The van der Waals surface area contributed by atoms with Crippen molar-refractivity contribution in [2.24, 2.45) is 0 Å². The number of rotatable bonds is 4. The molecule has 1 N–H and O–H groups in total. The van der Waals surface area contributed by atoms with Crippen LogP contribution in [0.3, 0.4) is 0 Å². The van der Waals surface area contributed by atoms with E-state index in [-0.39, 0.29) is 5.97 Å². The van der Waals surface area contributed by atoms with Crippen LogP contribution in [0.2, 0.25) is 0 Å². The lowest BCUT2D eigenvalue weighted by Crippen LogP contribution is -2.33. The van der Waals surface area contributed by atoms with E-state index in [2.05, 4.69) is 62.3 Å². The lowest BCUT2D eigenvalue weighted by atomic mass is 9.77. The number of carbonyl (C=O) groups is 1. The third kappa shape index (κ3) is 3.19. The number of benzene rings is 4. The maximum atomic E-state index is 13.1. The lowest BCUT2D eigenvalue weighted by molar-refractivity contribution is 0.0224. The van der Waals surface area contributed by atoms with Gasteiger partial charge in [-0.15, -0.1) is 0 Å². The Morgan fingerprint density at radius 3 is 2.50 bits per heavy atom. The van der Waals surface area contributed by atoms with Gasteiger partial charge in [0.15, 0.2) is 5.60 Å². The zero-order valence-electron chi connectivity index (χ0n) is 20.9. The summed E-state index contributed by atoms with van der Waals surface area (Å²) >= 11 is 0. The highest BCUT2D eigenvalue weighted by Crippen LogP contribution is 2.57. The summed E-state index contributed by atoms with van der Waals surface area (Å²) in [5, 5.41) is 3.37. The SMILES string of the molecule is CCNc1ccc2c(c1)C1(OC(=O)c3ccccc31)c1ccc(N(C)c3ccc(C)cc3C)cc1O2. The Bertz CT molecular complexity index is 1530. The Kier molecular flexibility index (Phi) is 5.04. The Morgan fingerprint density at radius 1 is 0.861 bits per heavy atom. The van der Waals surface area contributed by atoms with Crippen LogP contribution in [-0.4, -0.2) is 19.6 Å². The van der Waals surface area contributed by atoms with Gasteiger partial charge in [-0.1, -0.05) is 35.9 Å². The zero-order chi connectivity index (χ0) is 25.0. The Balaban J connectivity index is 1.54. The van der Waals surface area contributed by atoms with Crippen LogP contribution in [0.15, 0.2) is 78.9 Å². The minimum atomic E-state index is -1.07. The summed E-state index contributed by atoms with van der Waals surface area (Å²) in [7, 11) is 2.06. The first-order valence-corrected chi connectivity index (χ1v) is 12.3. The standard InChI is InChI=1S/C31H28N2O3/c1-5-32-21-11-15-28-26(17-21)31(24-9-7-6-8-23(24)30(34)36-31)25-13-12-22(18-29(25)35-28)33(4)27-14-10-19(2)16-20(27)3/h6-18,32H,5H2,1-4H3. The van der Waals surface area contributed by atoms with Crippen LogP contribution in [-0.2, 0) is 10.3 Å². The number of esters is 1. The molecule has 0 aromatic heterocycles. The third-order valence-electron chi connectivity index (χ3n) is 7.18. The number of anilines is 3. The smallest absolute Gasteiger partial charge is 0.340 e. The number of hydrogen-bond acceptors (Lipinski definition) is 5. The van der Waals surface area contributed by atoms with E-state index in [1.807, 2.05) is 54.6 Å². The molecule has 1 unspecified atom stereocenters. The Morgan fingerprint density at radius 2 is 1.69 bits per heavy atom. The van der Waals surface area contributed by atoms with Crippen molar-refractivity contribution in [2.45, 2.75) is 26.4 Å². The molecule has 6 rings (SSSR count).